The Bertz CT molecular complexity index is 302. The van der Waals surface area contributed by atoms with Gasteiger partial charge in [0, 0.05) is 5.92 Å². The van der Waals surface area contributed by atoms with Gasteiger partial charge in [-0.3, -0.25) is 4.79 Å². The van der Waals surface area contributed by atoms with Crippen molar-refractivity contribution < 1.29 is 9.21 Å². The number of nitrogens with two attached hydrogens (primary N) is 1. The Morgan fingerprint density at radius 3 is 2.83 bits per heavy atom. The van der Waals surface area contributed by atoms with Gasteiger partial charge in [0.15, 0.2) is 6.29 Å². The molecule has 0 atom stereocenters. The number of carbonyl (C=O) groups excluding carboxylic acids is 1. The highest BCUT2D eigenvalue weighted by molar-refractivity contribution is 5.74. The summed E-state index contributed by atoms with van der Waals surface area (Å²) in [7, 11) is 0. The van der Waals surface area contributed by atoms with E-state index in [1.54, 1.807) is 0 Å². The third-order valence-corrected chi connectivity index (χ3v) is 2.29. The number of rotatable bonds is 2. The molecule has 1 saturated carbocycles. The largest absolute Gasteiger partial charge is 0.428 e. The minimum Gasteiger partial charge on any atom is -0.428 e. The standard InChI is InChI=1S/C8H10N2O2/c9-8-10-6(4-11)7(12-8)5-2-1-3-5/h4-5H,1-3H2,(H2,9,10). The Morgan fingerprint density at radius 2 is 2.33 bits per heavy atom. The summed E-state index contributed by atoms with van der Waals surface area (Å²) in [6.07, 6.45) is 4.06. The predicted octanol–water partition coefficient (Wildman–Crippen LogP) is 1.34. The average molecular weight is 166 g/mol. The van der Waals surface area contributed by atoms with Crippen LogP contribution in [0.25, 0.3) is 0 Å². The molecule has 64 valence electrons. The Hall–Kier alpha value is -1.32. The lowest BCUT2D eigenvalue weighted by atomic mass is 9.83. The molecule has 0 bridgehead atoms. The first-order valence-electron chi connectivity index (χ1n) is 4.02. The minimum atomic E-state index is 0.0963. The molecular weight excluding hydrogens is 156 g/mol. The fourth-order valence-corrected chi connectivity index (χ4v) is 1.41. The van der Waals surface area contributed by atoms with E-state index in [9.17, 15) is 4.79 Å². The van der Waals surface area contributed by atoms with Crippen LogP contribution in [0.3, 0.4) is 0 Å². The van der Waals surface area contributed by atoms with Crippen LogP contribution in [0.2, 0.25) is 0 Å². The zero-order valence-corrected chi connectivity index (χ0v) is 6.62. The number of hydrogen-bond acceptors (Lipinski definition) is 4. The first kappa shape index (κ1) is 7.34. The number of oxazole rings is 1. The lowest BCUT2D eigenvalue weighted by molar-refractivity contribution is 0.111. The van der Waals surface area contributed by atoms with Gasteiger partial charge in [-0.1, -0.05) is 6.42 Å². The molecule has 2 rings (SSSR count). The van der Waals surface area contributed by atoms with E-state index in [1.165, 1.54) is 6.42 Å². The zero-order valence-electron chi connectivity index (χ0n) is 6.62. The van der Waals surface area contributed by atoms with Crippen LogP contribution in [0.5, 0.6) is 0 Å². The summed E-state index contributed by atoms with van der Waals surface area (Å²) in [5.41, 5.74) is 5.71. The summed E-state index contributed by atoms with van der Waals surface area (Å²) in [6, 6.07) is 0.0963. The van der Waals surface area contributed by atoms with E-state index in [4.69, 9.17) is 10.2 Å². The van der Waals surface area contributed by atoms with Gasteiger partial charge >= 0.3 is 0 Å². The number of anilines is 1. The summed E-state index contributed by atoms with van der Waals surface area (Å²) in [5, 5.41) is 0. The van der Waals surface area contributed by atoms with Crippen molar-refractivity contribution in [3.63, 3.8) is 0 Å². The molecule has 0 radical (unpaired) electrons. The van der Waals surface area contributed by atoms with E-state index in [0.29, 0.717) is 23.7 Å². The topological polar surface area (TPSA) is 69.1 Å². The highest BCUT2D eigenvalue weighted by atomic mass is 16.4. The quantitative estimate of drug-likeness (QED) is 0.673. The van der Waals surface area contributed by atoms with E-state index < -0.39 is 0 Å². The molecule has 1 fully saturated rings. The SMILES string of the molecule is Nc1nc(C=O)c(C2CCC2)o1. The van der Waals surface area contributed by atoms with Gasteiger partial charge < -0.3 is 10.2 Å². The third kappa shape index (κ3) is 0.995. The molecule has 1 aromatic heterocycles. The van der Waals surface area contributed by atoms with Gasteiger partial charge in [0.25, 0.3) is 6.01 Å². The van der Waals surface area contributed by atoms with Crippen molar-refractivity contribution in [2.24, 2.45) is 0 Å². The van der Waals surface area contributed by atoms with E-state index in [-0.39, 0.29) is 6.01 Å². The number of carbonyl (C=O) groups is 1. The fourth-order valence-electron chi connectivity index (χ4n) is 1.41. The average Bonchev–Trinajstić information content (AvgIpc) is 2.27. The second-order valence-electron chi connectivity index (χ2n) is 3.05. The third-order valence-electron chi connectivity index (χ3n) is 2.29. The lowest BCUT2D eigenvalue weighted by Gasteiger charge is -2.22. The van der Waals surface area contributed by atoms with E-state index in [1.807, 2.05) is 0 Å². The molecule has 1 heterocycles. The number of hydrogen-bond donors (Lipinski definition) is 1. The Labute approximate surface area is 69.8 Å². The van der Waals surface area contributed by atoms with Crippen LogP contribution < -0.4 is 5.73 Å². The van der Waals surface area contributed by atoms with Crippen LogP contribution in [-0.4, -0.2) is 11.3 Å². The molecule has 0 aliphatic heterocycles. The zero-order chi connectivity index (χ0) is 8.55. The maximum Gasteiger partial charge on any atom is 0.292 e. The molecule has 4 nitrogen and oxygen atoms in total. The van der Waals surface area contributed by atoms with Crippen molar-refractivity contribution in [3.05, 3.63) is 11.5 Å². The smallest absolute Gasteiger partial charge is 0.292 e. The van der Waals surface area contributed by atoms with Gasteiger partial charge in [0.1, 0.15) is 11.5 Å². The molecule has 0 spiro atoms. The summed E-state index contributed by atoms with van der Waals surface area (Å²) in [4.78, 5) is 14.3. The number of nitrogen functional groups attached to an aromatic ring is 1. The van der Waals surface area contributed by atoms with E-state index in [0.717, 1.165) is 12.8 Å². The van der Waals surface area contributed by atoms with Crippen LogP contribution in [-0.2, 0) is 0 Å². The summed E-state index contributed by atoms with van der Waals surface area (Å²) in [6.45, 7) is 0. The number of aromatic nitrogens is 1. The van der Waals surface area contributed by atoms with Crippen LogP contribution in [0.4, 0.5) is 6.01 Å². The fraction of sp³-hybridized carbons (Fsp3) is 0.500. The van der Waals surface area contributed by atoms with Crippen molar-refractivity contribution in [1.82, 2.24) is 4.98 Å². The Morgan fingerprint density at radius 1 is 1.58 bits per heavy atom. The maximum atomic E-state index is 10.5. The minimum absolute atomic E-state index is 0.0963. The first-order valence-corrected chi connectivity index (χ1v) is 4.02. The highest BCUT2D eigenvalue weighted by Gasteiger charge is 2.26. The second kappa shape index (κ2) is 2.62. The Kier molecular flexibility index (Phi) is 1.60. The van der Waals surface area contributed by atoms with Crippen molar-refractivity contribution in [2.75, 3.05) is 5.73 Å². The first-order chi connectivity index (χ1) is 5.81. The maximum absolute atomic E-state index is 10.5. The normalized spacial score (nSPS) is 17.3. The monoisotopic (exact) mass is 166 g/mol. The van der Waals surface area contributed by atoms with Gasteiger partial charge in [-0.25, -0.2) is 0 Å². The van der Waals surface area contributed by atoms with E-state index in [2.05, 4.69) is 4.98 Å². The van der Waals surface area contributed by atoms with Crippen LogP contribution >= 0.6 is 0 Å². The molecule has 4 heteroatoms. The van der Waals surface area contributed by atoms with Crippen LogP contribution in [0, 0.1) is 0 Å². The van der Waals surface area contributed by atoms with Crippen molar-refractivity contribution in [1.29, 1.82) is 0 Å². The lowest BCUT2D eigenvalue weighted by Crippen LogP contribution is -2.09. The van der Waals surface area contributed by atoms with Gasteiger partial charge in [0.05, 0.1) is 0 Å². The van der Waals surface area contributed by atoms with Crippen molar-refractivity contribution in [2.45, 2.75) is 25.2 Å². The molecule has 2 N–H and O–H groups in total. The molecule has 0 saturated heterocycles. The molecule has 1 aliphatic rings. The van der Waals surface area contributed by atoms with Gasteiger partial charge in [-0.2, -0.15) is 4.98 Å². The molecule has 1 aromatic rings. The van der Waals surface area contributed by atoms with Crippen LogP contribution in [0.1, 0.15) is 41.4 Å². The molecule has 12 heavy (non-hydrogen) atoms. The van der Waals surface area contributed by atoms with Crippen molar-refractivity contribution in [3.8, 4) is 0 Å². The molecule has 1 aliphatic carbocycles. The second-order valence-corrected chi connectivity index (χ2v) is 3.05. The molecule has 0 unspecified atom stereocenters. The summed E-state index contributed by atoms with van der Waals surface area (Å²) >= 11 is 0. The van der Waals surface area contributed by atoms with Crippen molar-refractivity contribution >= 4 is 12.3 Å². The van der Waals surface area contributed by atoms with Gasteiger partial charge in [0.2, 0.25) is 0 Å². The van der Waals surface area contributed by atoms with Crippen LogP contribution in [0.15, 0.2) is 4.42 Å². The number of aldehydes is 1. The van der Waals surface area contributed by atoms with E-state index >= 15 is 0 Å². The highest BCUT2D eigenvalue weighted by Crippen LogP contribution is 2.38. The summed E-state index contributed by atoms with van der Waals surface area (Å²) < 4.78 is 5.14. The molecule has 0 aromatic carbocycles. The van der Waals surface area contributed by atoms with Gasteiger partial charge in [-0.05, 0) is 12.8 Å². The summed E-state index contributed by atoms with van der Waals surface area (Å²) in [5.74, 6) is 1.05. The Balaban J connectivity index is 2.33. The van der Waals surface area contributed by atoms with Gasteiger partial charge in [-0.15, -0.1) is 0 Å². The molecular formula is C8H10N2O2. The predicted molar refractivity (Wildman–Crippen MR) is 42.9 cm³/mol. The molecule has 0 amide bonds. The number of nitrogens with zero attached hydrogens (tertiary/aromatic N) is 1.